The third kappa shape index (κ3) is 1.86. The molecule has 0 spiro atoms. The molecule has 0 aliphatic carbocycles. The third-order valence-electron chi connectivity index (χ3n) is 3.07. The molecule has 2 heterocycles. The van der Waals surface area contributed by atoms with Crippen LogP contribution in [-0.2, 0) is 0 Å². The quantitative estimate of drug-likeness (QED) is 0.655. The van der Waals surface area contributed by atoms with Gasteiger partial charge in [-0.1, -0.05) is 31.3 Å². The molecule has 0 bridgehead atoms. The van der Waals surface area contributed by atoms with Crippen LogP contribution in [0.4, 0.5) is 0 Å². The van der Waals surface area contributed by atoms with Gasteiger partial charge in [-0.2, -0.15) is 11.3 Å². The molecule has 0 unspecified atom stereocenters. The second kappa shape index (κ2) is 4.05. The summed E-state index contributed by atoms with van der Waals surface area (Å²) in [5.74, 6) is 0. The van der Waals surface area contributed by atoms with Crippen molar-refractivity contribution < 1.29 is 0 Å². The minimum atomic E-state index is -1.57. The van der Waals surface area contributed by atoms with Crippen molar-refractivity contribution >= 4 is 50.8 Å². The number of fused-ring (bicyclic) bond motifs is 1. The van der Waals surface area contributed by atoms with Crippen LogP contribution in [0, 0.1) is 0 Å². The zero-order valence-corrected chi connectivity index (χ0v) is 12.4. The number of nitrogens with zero attached hydrogens (tertiary/aromatic N) is 1. The van der Waals surface area contributed by atoms with E-state index >= 15 is 0 Å². The standard InChI is InChI=1S/C13H13NS2Si/c1-17(2,10-7-8-15-9-10)13-14-11-5-3-4-6-12(11)16-13/h3-9H,1-2H3. The summed E-state index contributed by atoms with van der Waals surface area (Å²) in [6, 6.07) is 10.7. The van der Waals surface area contributed by atoms with Gasteiger partial charge in [-0.3, -0.25) is 0 Å². The van der Waals surface area contributed by atoms with Crippen LogP contribution in [0.5, 0.6) is 0 Å². The second-order valence-corrected chi connectivity index (χ2v) is 11.1. The fraction of sp³-hybridized carbons (Fsp3) is 0.154. The Kier molecular flexibility index (Phi) is 2.65. The number of aromatic nitrogens is 1. The van der Waals surface area contributed by atoms with Crippen molar-refractivity contribution in [2.45, 2.75) is 13.1 Å². The van der Waals surface area contributed by atoms with Gasteiger partial charge >= 0.3 is 0 Å². The molecule has 0 aliphatic rings. The lowest BCUT2D eigenvalue weighted by atomic mass is 10.3. The summed E-state index contributed by atoms with van der Waals surface area (Å²) in [5.41, 5.74) is 1.14. The summed E-state index contributed by atoms with van der Waals surface area (Å²) in [6.45, 7) is 4.76. The number of rotatable bonds is 2. The lowest BCUT2D eigenvalue weighted by Crippen LogP contribution is -2.52. The van der Waals surface area contributed by atoms with E-state index in [-0.39, 0.29) is 0 Å². The number of benzene rings is 1. The van der Waals surface area contributed by atoms with E-state index in [1.807, 2.05) is 11.3 Å². The number of thiophene rings is 1. The molecule has 0 saturated carbocycles. The largest absolute Gasteiger partial charge is 0.246 e. The number of thiazole rings is 1. The normalized spacial score (nSPS) is 12.1. The average Bonchev–Trinajstić information content (AvgIpc) is 2.98. The highest BCUT2D eigenvalue weighted by Crippen LogP contribution is 2.19. The highest BCUT2D eigenvalue weighted by Gasteiger charge is 2.30. The molecular formula is C13H13NS2Si. The van der Waals surface area contributed by atoms with Crippen molar-refractivity contribution in [3.8, 4) is 0 Å². The van der Waals surface area contributed by atoms with Gasteiger partial charge in [0.2, 0.25) is 0 Å². The summed E-state index contributed by atoms with van der Waals surface area (Å²) in [5, 5.41) is 5.93. The van der Waals surface area contributed by atoms with Crippen molar-refractivity contribution in [2.24, 2.45) is 0 Å². The van der Waals surface area contributed by atoms with Crippen LogP contribution in [0.3, 0.4) is 0 Å². The zero-order valence-electron chi connectivity index (χ0n) is 9.81. The van der Waals surface area contributed by atoms with Crippen molar-refractivity contribution in [2.75, 3.05) is 0 Å². The molecule has 1 nitrogen and oxygen atoms in total. The SMILES string of the molecule is C[Si](C)(c1ccsc1)c1nc2ccccc2s1. The molecule has 2 aromatic heterocycles. The van der Waals surface area contributed by atoms with Crippen LogP contribution in [-0.4, -0.2) is 13.1 Å². The van der Waals surface area contributed by atoms with Crippen molar-refractivity contribution in [1.29, 1.82) is 0 Å². The number of hydrogen-bond acceptors (Lipinski definition) is 3. The summed E-state index contributed by atoms with van der Waals surface area (Å²) >= 11 is 3.64. The third-order valence-corrected chi connectivity index (χ3v) is 9.59. The maximum Gasteiger partial charge on any atom is 0.149 e. The highest BCUT2D eigenvalue weighted by molar-refractivity contribution is 7.33. The first kappa shape index (κ1) is 11.1. The van der Waals surface area contributed by atoms with E-state index in [0.717, 1.165) is 5.52 Å². The maximum absolute atomic E-state index is 4.83. The topological polar surface area (TPSA) is 12.9 Å². The molecule has 86 valence electrons. The van der Waals surface area contributed by atoms with Gasteiger partial charge < -0.3 is 0 Å². The van der Waals surface area contributed by atoms with Crippen molar-refractivity contribution in [3.63, 3.8) is 0 Å². The molecular weight excluding hydrogens is 262 g/mol. The van der Waals surface area contributed by atoms with Crippen molar-refractivity contribution in [1.82, 2.24) is 4.98 Å². The van der Waals surface area contributed by atoms with E-state index < -0.39 is 8.07 Å². The molecule has 0 amide bonds. The summed E-state index contributed by atoms with van der Waals surface area (Å²) < 4.78 is 2.63. The minimum Gasteiger partial charge on any atom is -0.246 e. The van der Waals surface area contributed by atoms with E-state index in [4.69, 9.17) is 4.98 Å². The molecule has 0 saturated heterocycles. The fourth-order valence-electron chi connectivity index (χ4n) is 1.88. The molecule has 0 atom stereocenters. The monoisotopic (exact) mass is 275 g/mol. The van der Waals surface area contributed by atoms with Crippen LogP contribution in [0.1, 0.15) is 0 Å². The lowest BCUT2D eigenvalue weighted by Gasteiger charge is -2.17. The van der Waals surface area contributed by atoms with Crippen LogP contribution >= 0.6 is 22.7 Å². The molecule has 3 aromatic rings. The van der Waals surface area contributed by atoms with E-state index in [1.165, 1.54) is 14.5 Å². The summed E-state index contributed by atoms with van der Waals surface area (Å²) in [7, 11) is -1.57. The average molecular weight is 275 g/mol. The second-order valence-electron chi connectivity index (χ2n) is 4.62. The number of hydrogen-bond donors (Lipinski definition) is 0. The Hall–Kier alpha value is -0.973. The van der Waals surface area contributed by atoms with E-state index in [2.05, 4.69) is 54.2 Å². The predicted molar refractivity (Wildman–Crippen MR) is 80.7 cm³/mol. The van der Waals surface area contributed by atoms with Crippen LogP contribution < -0.4 is 9.82 Å². The Morgan fingerprint density at radius 3 is 2.65 bits per heavy atom. The van der Waals surface area contributed by atoms with Gasteiger partial charge in [-0.05, 0) is 28.1 Å². The van der Waals surface area contributed by atoms with E-state index in [1.54, 1.807) is 11.3 Å². The highest BCUT2D eigenvalue weighted by atomic mass is 32.1. The molecule has 4 heteroatoms. The molecule has 1 aromatic carbocycles. The first-order valence-corrected chi connectivity index (χ1v) is 10.3. The molecule has 3 rings (SSSR count). The van der Waals surface area contributed by atoms with E-state index in [0.29, 0.717) is 0 Å². The lowest BCUT2D eigenvalue weighted by molar-refractivity contribution is 1.52. The Morgan fingerprint density at radius 1 is 1.12 bits per heavy atom. The summed E-state index contributed by atoms with van der Waals surface area (Å²) in [4.78, 5) is 4.83. The van der Waals surface area contributed by atoms with Gasteiger partial charge in [0.1, 0.15) is 8.07 Å². The van der Waals surface area contributed by atoms with Crippen molar-refractivity contribution in [3.05, 3.63) is 41.1 Å². The van der Waals surface area contributed by atoms with Gasteiger partial charge in [0, 0.05) is 0 Å². The predicted octanol–water partition coefficient (Wildman–Crippen LogP) is 3.18. The van der Waals surface area contributed by atoms with E-state index in [9.17, 15) is 0 Å². The summed E-state index contributed by atoms with van der Waals surface area (Å²) in [6.07, 6.45) is 0. The van der Waals surface area contributed by atoms with Gasteiger partial charge in [0.15, 0.2) is 0 Å². The fourth-order valence-corrected chi connectivity index (χ4v) is 7.48. The Balaban J connectivity index is 2.15. The Morgan fingerprint density at radius 2 is 1.94 bits per heavy atom. The van der Waals surface area contributed by atoms with Crippen LogP contribution in [0.15, 0.2) is 41.1 Å². The maximum atomic E-state index is 4.83. The molecule has 17 heavy (non-hydrogen) atoms. The zero-order chi connectivity index (χ0) is 11.9. The van der Waals surface area contributed by atoms with Gasteiger partial charge in [0.05, 0.1) is 14.8 Å². The van der Waals surface area contributed by atoms with Crippen LogP contribution in [0.25, 0.3) is 10.2 Å². The first-order chi connectivity index (χ1) is 8.18. The number of para-hydroxylation sites is 1. The Bertz CT molecular complexity index is 607. The first-order valence-electron chi connectivity index (χ1n) is 5.56. The smallest absolute Gasteiger partial charge is 0.149 e. The molecule has 0 aliphatic heterocycles. The molecule has 0 radical (unpaired) electrons. The minimum absolute atomic E-state index is 1.14. The van der Waals surface area contributed by atoms with Crippen LogP contribution in [0.2, 0.25) is 13.1 Å². The van der Waals surface area contributed by atoms with Gasteiger partial charge in [0.25, 0.3) is 0 Å². The Labute approximate surface area is 110 Å². The van der Waals surface area contributed by atoms with Gasteiger partial charge in [-0.15, -0.1) is 11.3 Å². The molecule has 0 N–H and O–H groups in total. The molecule has 0 fully saturated rings. The van der Waals surface area contributed by atoms with Gasteiger partial charge in [-0.25, -0.2) is 4.98 Å².